The van der Waals surface area contributed by atoms with E-state index >= 15 is 0 Å². The highest BCUT2D eigenvalue weighted by Gasteiger charge is 2.36. The molecule has 2 heterocycles. The van der Waals surface area contributed by atoms with E-state index < -0.39 is 6.23 Å². The first kappa shape index (κ1) is 21.8. The molecule has 0 aliphatic carbocycles. The van der Waals surface area contributed by atoms with E-state index in [1.165, 1.54) is 11.8 Å². The van der Waals surface area contributed by atoms with Gasteiger partial charge in [-0.15, -0.1) is 10.2 Å². The average molecular weight is 446 g/mol. The fraction of sp³-hybridized carbons (Fsp3) is 0.292. The van der Waals surface area contributed by atoms with Crippen LogP contribution in [0.2, 0.25) is 0 Å². The number of hydrogen-bond donors (Lipinski definition) is 0. The Kier molecular flexibility index (Phi) is 6.66. The molecule has 1 unspecified atom stereocenters. The Bertz CT molecular complexity index is 1180. The number of benzene rings is 2. The largest absolute Gasteiger partial charge is 0.447 e. The number of amides is 1. The summed E-state index contributed by atoms with van der Waals surface area (Å²) in [6.07, 6.45) is 1.55. The van der Waals surface area contributed by atoms with Gasteiger partial charge >= 0.3 is 0 Å². The minimum atomic E-state index is -0.856. The van der Waals surface area contributed by atoms with Crippen LogP contribution in [0.1, 0.15) is 50.5 Å². The van der Waals surface area contributed by atoms with E-state index in [0.29, 0.717) is 39.1 Å². The molecule has 4 rings (SSSR count). The topological polar surface area (TPSA) is 92.0 Å². The first-order valence-corrected chi connectivity index (χ1v) is 11.6. The number of nitrogens with zero attached hydrogens (tertiary/aromatic N) is 5. The second-order valence-electron chi connectivity index (χ2n) is 7.25. The second kappa shape index (κ2) is 9.79. The summed E-state index contributed by atoms with van der Waals surface area (Å²) >= 11 is 1.52. The molecule has 0 N–H and O–H groups in total. The summed E-state index contributed by atoms with van der Waals surface area (Å²) in [6, 6.07) is 16.8. The lowest BCUT2D eigenvalue weighted by Crippen LogP contribution is -2.37. The van der Waals surface area contributed by atoms with Crippen molar-refractivity contribution in [2.24, 2.45) is 0 Å². The number of fused-ring (bicyclic) bond motifs is 3. The first-order chi connectivity index (χ1) is 15.7. The van der Waals surface area contributed by atoms with Gasteiger partial charge in [-0.3, -0.25) is 9.69 Å². The van der Waals surface area contributed by atoms with E-state index in [4.69, 9.17) is 4.74 Å². The number of rotatable bonds is 6. The zero-order valence-electron chi connectivity index (χ0n) is 18.0. The maximum absolute atomic E-state index is 13.2. The second-order valence-corrected chi connectivity index (χ2v) is 8.32. The van der Waals surface area contributed by atoms with Crippen LogP contribution in [-0.4, -0.2) is 26.8 Å². The van der Waals surface area contributed by atoms with Gasteiger partial charge in [0.1, 0.15) is 0 Å². The van der Waals surface area contributed by atoms with Gasteiger partial charge in [0.15, 0.2) is 5.69 Å². The number of hydrogen-bond acceptors (Lipinski definition) is 7. The predicted molar refractivity (Wildman–Crippen MR) is 123 cm³/mol. The van der Waals surface area contributed by atoms with Crippen LogP contribution in [0, 0.1) is 11.3 Å². The molecule has 8 heteroatoms. The molecule has 1 amide bonds. The van der Waals surface area contributed by atoms with Crippen molar-refractivity contribution in [2.75, 3.05) is 10.7 Å². The lowest BCUT2D eigenvalue weighted by molar-refractivity contribution is -0.120. The maximum Gasteiger partial charge on any atom is 0.247 e. The first-order valence-electron chi connectivity index (χ1n) is 10.6. The molecule has 32 heavy (non-hydrogen) atoms. The van der Waals surface area contributed by atoms with Crippen molar-refractivity contribution >= 4 is 23.4 Å². The molecule has 0 saturated carbocycles. The molecule has 1 aliphatic heterocycles. The molecule has 0 saturated heterocycles. The zero-order chi connectivity index (χ0) is 22.5. The van der Waals surface area contributed by atoms with E-state index in [2.05, 4.69) is 28.2 Å². The highest BCUT2D eigenvalue weighted by Crippen LogP contribution is 2.44. The molecule has 2 aromatic carbocycles. The van der Waals surface area contributed by atoms with Gasteiger partial charge in [-0.1, -0.05) is 68.4 Å². The Morgan fingerprint density at radius 1 is 1.16 bits per heavy atom. The van der Waals surface area contributed by atoms with Crippen LogP contribution in [0.25, 0.3) is 11.3 Å². The quantitative estimate of drug-likeness (QED) is 0.383. The molecule has 7 nitrogen and oxygen atoms in total. The Labute approximate surface area is 191 Å². The van der Waals surface area contributed by atoms with Gasteiger partial charge in [0.2, 0.25) is 23.2 Å². The van der Waals surface area contributed by atoms with Crippen LogP contribution in [0.5, 0.6) is 5.88 Å². The Morgan fingerprint density at radius 2 is 1.94 bits per heavy atom. The fourth-order valence-electron chi connectivity index (χ4n) is 3.54. The van der Waals surface area contributed by atoms with Crippen LogP contribution < -0.4 is 9.64 Å². The Balaban J connectivity index is 1.90. The van der Waals surface area contributed by atoms with Gasteiger partial charge in [0, 0.05) is 23.3 Å². The third kappa shape index (κ3) is 4.16. The molecule has 162 valence electrons. The number of carbonyl (C=O) groups is 1. The molecule has 0 fully saturated rings. The van der Waals surface area contributed by atoms with Crippen molar-refractivity contribution in [2.45, 2.75) is 44.5 Å². The van der Waals surface area contributed by atoms with E-state index in [-0.39, 0.29) is 12.3 Å². The number of aromatic nitrogens is 3. The SMILES string of the molecule is CCCCSc1nnc2c(n1)OC(c1ccccc1C#N)N(C(=O)CC)c1ccccc1-2. The number of para-hydroxylation sites is 1. The standard InChI is InChI=1S/C24H23N5O2S/c1-3-5-14-32-24-26-22-21(27-28-24)18-12-8-9-13-19(18)29(20(30)4-2)23(31-22)17-11-7-6-10-16(17)15-25/h6-13,23H,3-5,14H2,1-2H3. The smallest absolute Gasteiger partial charge is 0.247 e. The molecule has 1 aromatic heterocycles. The van der Waals surface area contributed by atoms with Gasteiger partial charge in [0.05, 0.1) is 17.3 Å². The maximum atomic E-state index is 13.2. The lowest BCUT2D eigenvalue weighted by atomic mass is 10.0. The molecular formula is C24H23N5O2S. The number of ether oxygens (including phenoxy) is 1. The van der Waals surface area contributed by atoms with E-state index in [0.717, 1.165) is 18.6 Å². The third-order valence-corrected chi connectivity index (χ3v) is 6.08. The van der Waals surface area contributed by atoms with Crippen LogP contribution in [0.3, 0.4) is 0 Å². The minimum Gasteiger partial charge on any atom is -0.447 e. The molecule has 1 aliphatic rings. The third-order valence-electron chi connectivity index (χ3n) is 5.16. The molecule has 0 bridgehead atoms. The minimum absolute atomic E-state index is 0.131. The van der Waals surface area contributed by atoms with Crippen LogP contribution in [0.4, 0.5) is 5.69 Å². The average Bonchev–Trinajstić information content (AvgIpc) is 2.98. The van der Waals surface area contributed by atoms with Crippen molar-refractivity contribution in [1.29, 1.82) is 5.26 Å². The van der Waals surface area contributed by atoms with Gasteiger partial charge in [-0.05, 0) is 18.6 Å². The van der Waals surface area contributed by atoms with Gasteiger partial charge < -0.3 is 4.74 Å². The number of unbranched alkanes of at least 4 members (excludes halogenated alkanes) is 1. The molecule has 3 aromatic rings. The summed E-state index contributed by atoms with van der Waals surface area (Å²) in [6.45, 7) is 3.93. The highest BCUT2D eigenvalue weighted by molar-refractivity contribution is 7.99. The van der Waals surface area contributed by atoms with Crippen molar-refractivity contribution in [3.8, 4) is 23.2 Å². The van der Waals surface area contributed by atoms with Crippen molar-refractivity contribution in [3.63, 3.8) is 0 Å². The molecule has 0 radical (unpaired) electrons. The highest BCUT2D eigenvalue weighted by atomic mass is 32.2. The normalized spacial score (nSPS) is 14.5. The number of thioether (sulfide) groups is 1. The Morgan fingerprint density at radius 3 is 2.72 bits per heavy atom. The number of nitriles is 1. The van der Waals surface area contributed by atoms with Crippen LogP contribution >= 0.6 is 11.8 Å². The predicted octanol–water partition coefficient (Wildman–Crippen LogP) is 5.14. The summed E-state index contributed by atoms with van der Waals surface area (Å²) in [5, 5.41) is 19.0. The van der Waals surface area contributed by atoms with Crippen molar-refractivity contribution < 1.29 is 9.53 Å². The zero-order valence-corrected chi connectivity index (χ0v) is 18.8. The van der Waals surface area contributed by atoms with E-state index in [9.17, 15) is 10.1 Å². The fourth-order valence-corrected chi connectivity index (χ4v) is 4.40. The monoisotopic (exact) mass is 445 g/mol. The number of anilines is 1. The van der Waals surface area contributed by atoms with Gasteiger partial charge in [0.25, 0.3) is 0 Å². The summed E-state index contributed by atoms with van der Waals surface area (Å²) in [7, 11) is 0. The summed E-state index contributed by atoms with van der Waals surface area (Å²) < 4.78 is 6.38. The van der Waals surface area contributed by atoms with E-state index in [1.807, 2.05) is 30.3 Å². The molecule has 0 spiro atoms. The van der Waals surface area contributed by atoms with E-state index in [1.54, 1.807) is 30.0 Å². The summed E-state index contributed by atoms with van der Waals surface area (Å²) in [4.78, 5) is 19.4. The van der Waals surface area contributed by atoms with Crippen LogP contribution in [0.15, 0.2) is 53.7 Å². The Hall–Kier alpha value is -3.44. The molecular weight excluding hydrogens is 422 g/mol. The molecule has 1 atom stereocenters. The summed E-state index contributed by atoms with van der Waals surface area (Å²) in [5.41, 5.74) is 2.88. The van der Waals surface area contributed by atoms with Crippen molar-refractivity contribution in [3.05, 3.63) is 59.7 Å². The van der Waals surface area contributed by atoms with Gasteiger partial charge in [-0.2, -0.15) is 10.2 Å². The van der Waals surface area contributed by atoms with Crippen LogP contribution in [-0.2, 0) is 4.79 Å². The van der Waals surface area contributed by atoms with Crippen molar-refractivity contribution in [1.82, 2.24) is 15.2 Å². The van der Waals surface area contributed by atoms with Gasteiger partial charge in [-0.25, -0.2) is 0 Å². The lowest BCUT2D eigenvalue weighted by Gasteiger charge is -2.31. The number of carbonyl (C=O) groups excluding carboxylic acids is 1. The summed E-state index contributed by atoms with van der Waals surface area (Å²) in [5.74, 6) is 1.05.